The van der Waals surface area contributed by atoms with Crippen molar-refractivity contribution in [2.24, 2.45) is 5.92 Å². The fourth-order valence-electron chi connectivity index (χ4n) is 2.51. The molecule has 0 aliphatic heterocycles. The highest BCUT2D eigenvalue weighted by molar-refractivity contribution is 5.44. The second kappa shape index (κ2) is 5.97. The zero-order valence-corrected chi connectivity index (χ0v) is 11.0. The topological polar surface area (TPSA) is 88.3 Å². The van der Waals surface area contributed by atoms with Gasteiger partial charge in [0.15, 0.2) is 0 Å². The van der Waals surface area contributed by atoms with Crippen LogP contribution in [0.25, 0.3) is 0 Å². The Morgan fingerprint density at radius 2 is 2.21 bits per heavy atom. The highest BCUT2D eigenvalue weighted by Crippen LogP contribution is 2.25. The Labute approximate surface area is 112 Å². The molecule has 1 aliphatic carbocycles. The Balaban J connectivity index is 1.96. The largest absolute Gasteiger partial charge is 0.393 e. The number of pyridine rings is 1. The predicted octanol–water partition coefficient (Wildman–Crippen LogP) is 2.26. The molecule has 1 heterocycles. The second-order valence-corrected chi connectivity index (χ2v) is 5.05. The van der Waals surface area contributed by atoms with E-state index in [1.54, 1.807) is 13.0 Å². The van der Waals surface area contributed by atoms with E-state index in [2.05, 4.69) is 10.3 Å². The van der Waals surface area contributed by atoms with Gasteiger partial charge in [-0.1, -0.05) is 12.8 Å². The number of nitro groups is 1. The van der Waals surface area contributed by atoms with Crippen LogP contribution in [0.15, 0.2) is 12.1 Å². The molecule has 0 spiro atoms. The van der Waals surface area contributed by atoms with Crippen LogP contribution in [0, 0.1) is 23.0 Å². The summed E-state index contributed by atoms with van der Waals surface area (Å²) in [5, 5.41) is 23.7. The van der Waals surface area contributed by atoms with Gasteiger partial charge in [0.05, 0.1) is 11.0 Å². The summed E-state index contributed by atoms with van der Waals surface area (Å²) in [7, 11) is 0. The maximum absolute atomic E-state index is 10.7. The lowest BCUT2D eigenvalue weighted by atomic mass is 9.86. The molecule has 0 radical (unpaired) electrons. The van der Waals surface area contributed by atoms with Gasteiger partial charge in [0.1, 0.15) is 11.5 Å². The monoisotopic (exact) mass is 265 g/mol. The number of aliphatic hydroxyl groups is 1. The van der Waals surface area contributed by atoms with E-state index in [1.807, 2.05) is 0 Å². The van der Waals surface area contributed by atoms with Gasteiger partial charge in [0, 0.05) is 18.5 Å². The van der Waals surface area contributed by atoms with E-state index in [9.17, 15) is 15.2 Å². The van der Waals surface area contributed by atoms with Gasteiger partial charge < -0.3 is 10.4 Å². The zero-order valence-electron chi connectivity index (χ0n) is 11.0. The second-order valence-electron chi connectivity index (χ2n) is 5.05. The van der Waals surface area contributed by atoms with Gasteiger partial charge in [-0.05, 0) is 25.8 Å². The molecule has 1 saturated carbocycles. The quantitative estimate of drug-likeness (QED) is 0.644. The molecule has 1 aromatic heterocycles. The molecule has 0 aromatic carbocycles. The summed E-state index contributed by atoms with van der Waals surface area (Å²) in [5.41, 5.74) is 0.433. The van der Waals surface area contributed by atoms with Crippen LogP contribution in [-0.2, 0) is 0 Å². The summed E-state index contributed by atoms with van der Waals surface area (Å²) in [6.45, 7) is 2.28. The molecule has 2 unspecified atom stereocenters. The first-order chi connectivity index (χ1) is 9.08. The van der Waals surface area contributed by atoms with Crippen molar-refractivity contribution in [3.63, 3.8) is 0 Å². The number of aryl methyl sites for hydroxylation is 1. The molecule has 2 rings (SSSR count). The van der Waals surface area contributed by atoms with Crippen molar-refractivity contribution in [1.29, 1.82) is 0 Å². The van der Waals surface area contributed by atoms with Gasteiger partial charge in [-0.2, -0.15) is 0 Å². The first kappa shape index (κ1) is 13.7. The SMILES string of the molecule is Cc1nc(NCC2CCCCC2O)ccc1[N+](=O)[O-]. The van der Waals surface area contributed by atoms with Crippen LogP contribution in [0.1, 0.15) is 31.4 Å². The zero-order chi connectivity index (χ0) is 13.8. The Morgan fingerprint density at radius 3 is 2.84 bits per heavy atom. The average Bonchev–Trinajstić information content (AvgIpc) is 2.37. The van der Waals surface area contributed by atoms with E-state index in [-0.39, 0.29) is 17.7 Å². The summed E-state index contributed by atoms with van der Waals surface area (Å²) < 4.78 is 0. The molecule has 6 heteroatoms. The molecule has 1 aromatic rings. The third kappa shape index (κ3) is 3.41. The maximum Gasteiger partial charge on any atom is 0.290 e. The summed E-state index contributed by atoms with van der Waals surface area (Å²) >= 11 is 0. The first-order valence-corrected chi connectivity index (χ1v) is 6.62. The van der Waals surface area contributed by atoms with Crippen LogP contribution in [0.2, 0.25) is 0 Å². The van der Waals surface area contributed by atoms with E-state index in [4.69, 9.17) is 0 Å². The third-order valence-corrected chi connectivity index (χ3v) is 3.67. The Bertz CT molecular complexity index is 464. The first-order valence-electron chi connectivity index (χ1n) is 6.62. The number of anilines is 1. The molecular weight excluding hydrogens is 246 g/mol. The van der Waals surface area contributed by atoms with E-state index < -0.39 is 4.92 Å². The van der Waals surface area contributed by atoms with Gasteiger partial charge in [0.25, 0.3) is 5.69 Å². The molecule has 1 fully saturated rings. The average molecular weight is 265 g/mol. The number of aliphatic hydroxyl groups excluding tert-OH is 1. The van der Waals surface area contributed by atoms with Crippen molar-refractivity contribution in [3.8, 4) is 0 Å². The van der Waals surface area contributed by atoms with Crippen molar-refractivity contribution < 1.29 is 10.0 Å². The lowest BCUT2D eigenvalue weighted by Gasteiger charge is -2.27. The van der Waals surface area contributed by atoms with Crippen molar-refractivity contribution in [3.05, 3.63) is 27.9 Å². The van der Waals surface area contributed by atoms with Crippen LogP contribution in [0.3, 0.4) is 0 Å². The standard InChI is InChI=1S/C13H19N3O3/c1-9-11(16(18)19)6-7-13(15-9)14-8-10-4-2-3-5-12(10)17/h6-7,10,12,17H,2-5,8H2,1H3,(H,14,15). The molecule has 2 N–H and O–H groups in total. The number of aromatic nitrogens is 1. The minimum atomic E-state index is -0.434. The fraction of sp³-hybridized carbons (Fsp3) is 0.615. The lowest BCUT2D eigenvalue weighted by Crippen LogP contribution is -2.30. The smallest absolute Gasteiger partial charge is 0.290 e. The molecule has 19 heavy (non-hydrogen) atoms. The summed E-state index contributed by atoms with van der Waals surface area (Å²) in [5.74, 6) is 0.868. The lowest BCUT2D eigenvalue weighted by molar-refractivity contribution is -0.385. The molecule has 0 amide bonds. The van der Waals surface area contributed by atoms with Crippen LogP contribution in [0.4, 0.5) is 11.5 Å². The minimum Gasteiger partial charge on any atom is -0.393 e. The molecular formula is C13H19N3O3. The normalized spacial score (nSPS) is 23.1. The van der Waals surface area contributed by atoms with Crippen LogP contribution in [-0.4, -0.2) is 27.7 Å². The molecule has 1 aliphatic rings. The molecule has 0 saturated heterocycles. The maximum atomic E-state index is 10.7. The van der Waals surface area contributed by atoms with Gasteiger partial charge >= 0.3 is 0 Å². The fourth-order valence-corrected chi connectivity index (χ4v) is 2.51. The van der Waals surface area contributed by atoms with Gasteiger partial charge in [0.2, 0.25) is 0 Å². The van der Waals surface area contributed by atoms with E-state index in [0.717, 1.165) is 25.7 Å². The molecule has 6 nitrogen and oxygen atoms in total. The van der Waals surface area contributed by atoms with Crippen LogP contribution in [0.5, 0.6) is 0 Å². The number of nitrogens with zero attached hydrogens (tertiary/aromatic N) is 2. The molecule has 0 bridgehead atoms. The van der Waals surface area contributed by atoms with Crippen molar-refractivity contribution in [1.82, 2.24) is 4.98 Å². The van der Waals surface area contributed by atoms with Crippen molar-refractivity contribution >= 4 is 11.5 Å². The van der Waals surface area contributed by atoms with E-state index in [0.29, 0.717) is 18.1 Å². The number of hydrogen-bond acceptors (Lipinski definition) is 5. The molecule has 104 valence electrons. The Morgan fingerprint density at radius 1 is 1.47 bits per heavy atom. The summed E-state index contributed by atoms with van der Waals surface area (Å²) in [6.07, 6.45) is 3.86. The van der Waals surface area contributed by atoms with E-state index in [1.165, 1.54) is 6.07 Å². The van der Waals surface area contributed by atoms with E-state index >= 15 is 0 Å². The highest BCUT2D eigenvalue weighted by Gasteiger charge is 2.22. The van der Waals surface area contributed by atoms with Crippen molar-refractivity contribution in [2.45, 2.75) is 38.7 Å². The van der Waals surface area contributed by atoms with Gasteiger partial charge in [-0.3, -0.25) is 10.1 Å². The van der Waals surface area contributed by atoms with Gasteiger partial charge in [-0.15, -0.1) is 0 Å². The third-order valence-electron chi connectivity index (χ3n) is 3.67. The highest BCUT2D eigenvalue weighted by atomic mass is 16.6. The van der Waals surface area contributed by atoms with Crippen LogP contribution >= 0.6 is 0 Å². The van der Waals surface area contributed by atoms with Crippen molar-refractivity contribution in [2.75, 3.05) is 11.9 Å². The number of nitrogens with one attached hydrogen (secondary N) is 1. The summed E-state index contributed by atoms with van der Waals surface area (Å²) in [4.78, 5) is 14.4. The Kier molecular flexibility index (Phi) is 4.31. The van der Waals surface area contributed by atoms with Gasteiger partial charge in [-0.25, -0.2) is 4.98 Å². The Hall–Kier alpha value is -1.69. The predicted molar refractivity (Wildman–Crippen MR) is 72.1 cm³/mol. The minimum absolute atomic E-state index is 0.0308. The molecule has 2 atom stereocenters. The number of hydrogen-bond donors (Lipinski definition) is 2. The van der Waals surface area contributed by atoms with Crippen LogP contribution < -0.4 is 5.32 Å². The number of rotatable bonds is 4. The summed E-state index contributed by atoms with van der Waals surface area (Å²) in [6, 6.07) is 3.07.